The molecule has 1 saturated heterocycles. The van der Waals surface area contributed by atoms with Crippen LogP contribution >= 0.6 is 0 Å². The molecule has 7 nitrogen and oxygen atoms in total. The van der Waals surface area contributed by atoms with Crippen molar-refractivity contribution in [1.82, 2.24) is 9.88 Å². The highest BCUT2D eigenvalue weighted by atomic mass is 16.3. The van der Waals surface area contributed by atoms with Crippen LogP contribution in [0, 0.1) is 11.3 Å². The number of benzene rings is 2. The fraction of sp³-hybridized carbons (Fsp3) is 0.217. The van der Waals surface area contributed by atoms with E-state index in [0.717, 1.165) is 54.7 Å². The third-order valence-corrected chi connectivity index (χ3v) is 5.77. The summed E-state index contributed by atoms with van der Waals surface area (Å²) in [4.78, 5) is 19.4. The van der Waals surface area contributed by atoms with E-state index in [2.05, 4.69) is 20.9 Å². The summed E-state index contributed by atoms with van der Waals surface area (Å²) in [5.41, 5.74) is 10.1. The number of nitriles is 1. The van der Waals surface area contributed by atoms with E-state index in [-0.39, 0.29) is 5.76 Å². The van der Waals surface area contributed by atoms with E-state index in [4.69, 9.17) is 10.2 Å². The Labute approximate surface area is 173 Å². The van der Waals surface area contributed by atoms with E-state index < -0.39 is 5.91 Å². The summed E-state index contributed by atoms with van der Waals surface area (Å²) in [7, 11) is 0. The van der Waals surface area contributed by atoms with Crippen LogP contribution in [0.15, 0.2) is 53.1 Å². The molecule has 1 amide bonds. The Kier molecular flexibility index (Phi) is 4.42. The molecule has 150 valence electrons. The highest BCUT2D eigenvalue weighted by molar-refractivity contribution is 5.95. The average Bonchev–Trinajstić information content (AvgIpc) is 3.37. The minimum atomic E-state index is -0.555. The zero-order valence-electron chi connectivity index (χ0n) is 16.4. The van der Waals surface area contributed by atoms with Gasteiger partial charge in [-0.1, -0.05) is 0 Å². The van der Waals surface area contributed by atoms with Crippen molar-refractivity contribution in [2.45, 2.75) is 6.54 Å². The van der Waals surface area contributed by atoms with Gasteiger partial charge in [-0.25, -0.2) is 0 Å². The van der Waals surface area contributed by atoms with Crippen LogP contribution in [-0.2, 0) is 6.54 Å². The lowest BCUT2D eigenvalue weighted by Gasteiger charge is -2.36. The second-order valence-corrected chi connectivity index (χ2v) is 7.65. The molecule has 4 aromatic rings. The summed E-state index contributed by atoms with van der Waals surface area (Å²) in [6, 6.07) is 15.6. The molecule has 3 N–H and O–H groups in total. The maximum Gasteiger partial charge on any atom is 0.284 e. The molecule has 3 heterocycles. The molecule has 1 aliphatic rings. The predicted octanol–water partition coefficient (Wildman–Crippen LogP) is 3.21. The van der Waals surface area contributed by atoms with E-state index >= 15 is 0 Å². The zero-order chi connectivity index (χ0) is 20.7. The number of amides is 1. The Morgan fingerprint density at radius 3 is 2.73 bits per heavy atom. The lowest BCUT2D eigenvalue weighted by atomic mass is 10.1. The largest absolute Gasteiger partial charge is 0.451 e. The highest BCUT2D eigenvalue weighted by Gasteiger charge is 2.19. The molecule has 0 aliphatic carbocycles. The van der Waals surface area contributed by atoms with Gasteiger partial charge in [-0.05, 0) is 48.0 Å². The maximum atomic E-state index is 11.3. The summed E-state index contributed by atoms with van der Waals surface area (Å²) in [5, 5.41) is 11.2. The molecule has 0 bridgehead atoms. The lowest BCUT2D eigenvalue weighted by molar-refractivity contribution is 0.0976. The van der Waals surface area contributed by atoms with Crippen molar-refractivity contribution >= 4 is 33.5 Å². The second-order valence-electron chi connectivity index (χ2n) is 7.65. The van der Waals surface area contributed by atoms with E-state index in [1.165, 1.54) is 5.56 Å². The van der Waals surface area contributed by atoms with Crippen molar-refractivity contribution in [3.8, 4) is 6.07 Å². The Bertz CT molecular complexity index is 1290. The minimum absolute atomic E-state index is 0.185. The third-order valence-electron chi connectivity index (χ3n) is 5.77. The molecule has 7 heteroatoms. The van der Waals surface area contributed by atoms with Gasteiger partial charge in [0.25, 0.3) is 5.91 Å². The standard InChI is InChI=1S/C23H21N5O2/c24-12-15-1-3-20-19(9-15)17(13-26-20)14-27-5-7-28(8-6-27)18-2-4-21-16(10-18)11-22(30-21)23(25)29/h1-4,9-11,13,26H,5-8,14H2,(H2,25,29). The number of fused-ring (bicyclic) bond motifs is 2. The molecule has 1 fully saturated rings. The normalized spacial score (nSPS) is 15.0. The van der Waals surface area contributed by atoms with Gasteiger partial charge in [-0.2, -0.15) is 5.26 Å². The number of furan rings is 1. The van der Waals surface area contributed by atoms with Crippen LogP contribution in [0.2, 0.25) is 0 Å². The molecule has 2 aromatic carbocycles. The van der Waals surface area contributed by atoms with Crippen LogP contribution in [0.4, 0.5) is 5.69 Å². The minimum Gasteiger partial charge on any atom is -0.451 e. The van der Waals surface area contributed by atoms with Crippen LogP contribution < -0.4 is 10.6 Å². The van der Waals surface area contributed by atoms with E-state index in [0.29, 0.717) is 11.1 Å². The van der Waals surface area contributed by atoms with Crippen LogP contribution in [0.25, 0.3) is 21.9 Å². The molecular formula is C23H21N5O2. The van der Waals surface area contributed by atoms with E-state index in [1.54, 1.807) is 6.07 Å². The van der Waals surface area contributed by atoms with Gasteiger partial charge in [0.1, 0.15) is 5.58 Å². The van der Waals surface area contributed by atoms with E-state index in [1.807, 2.05) is 42.6 Å². The Morgan fingerprint density at radius 1 is 1.13 bits per heavy atom. The van der Waals surface area contributed by atoms with Crippen LogP contribution in [0.1, 0.15) is 21.7 Å². The first-order chi connectivity index (χ1) is 14.6. The number of hydrogen-bond donors (Lipinski definition) is 2. The number of nitrogens with one attached hydrogen (secondary N) is 1. The molecule has 0 atom stereocenters. The van der Waals surface area contributed by atoms with Crippen LogP contribution in [0.5, 0.6) is 0 Å². The summed E-state index contributed by atoms with van der Waals surface area (Å²) >= 11 is 0. The van der Waals surface area contributed by atoms with Gasteiger partial charge in [-0.3, -0.25) is 9.69 Å². The fourth-order valence-corrected chi connectivity index (χ4v) is 4.13. The number of carbonyl (C=O) groups excluding carboxylic acids is 1. The average molecular weight is 399 g/mol. The smallest absolute Gasteiger partial charge is 0.284 e. The molecule has 0 unspecified atom stereocenters. The van der Waals surface area contributed by atoms with Crippen molar-refractivity contribution in [2.24, 2.45) is 5.73 Å². The number of nitrogens with two attached hydrogens (primary N) is 1. The SMILES string of the molecule is N#Cc1ccc2[nH]cc(CN3CCN(c4ccc5oc(C(N)=O)cc5c4)CC3)c2c1. The first-order valence-electron chi connectivity index (χ1n) is 9.91. The van der Waals surface area contributed by atoms with Crippen molar-refractivity contribution in [3.05, 3.63) is 65.5 Å². The maximum absolute atomic E-state index is 11.3. The van der Waals surface area contributed by atoms with Gasteiger partial charge in [0.2, 0.25) is 0 Å². The number of hydrogen-bond acceptors (Lipinski definition) is 5. The molecule has 5 rings (SSSR count). The Balaban J connectivity index is 1.28. The van der Waals surface area contributed by atoms with Crippen LogP contribution in [-0.4, -0.2) is 42.0 Å². The molecular weight excluding hydrogens is 378 g/mol. The van der Waals surface area contributed by atoms with Gasteiger partial charge in [-0.15, -0.1) is 0 Å². The van der Waals surface area contributed by atoms with Gasteiger partial charge in [0.15, 0.2) is 5.76 Å². The fourth-order valence-electron chi connectivity index (χ4n) is 4.13. The summed E-state index contributed by atoms with van der Waals surface area (Å²) in [5.74, 6) is -0.370. The number of nitrogens with zero attached hydrogens (tertiary/aromatic N) is 3. The number of carbonyl (C=O) groups is 1. The van der Waals surface area contributed by atoms with Crippen molar-refractivity contribution in [1.29, 1.82) is 5.26 Å². The first kappa shape index (κ1) is 18.3. The molecule has 1 aliphatic heterocycles. The summed E-state index contributed by atoms with van der Waals surface area (Å²) in [6.45, 7) is 4.57. The number of piperazine rings is 1. The topological polar surface area (TPSA) is 102 Å². The van der Waals surface area contributed by atoms with Gasteiger partial charge in [0.05, 0.1) is 11.6 Å². The quantitative estimate of drug-likeness (QED) is 0.549. The second kappa shape index (κ2) is 7.25. The molecule has 30 heavy (non-hydrogen) atoms. The first-order valence-corrected chi connectivity index (χ1v) is 9.91. The van der Waals surface area contributed by atoms with Crippen molar-refractivity contribution in [2.75, 3.05) is 31.1 Å². The van der Waals surface area contributed by atoms with Crippen molar-refractivity contribution in [3.63, 3.8) is 0 Å². The lowest BCUT2D eigenvalue weighted by Crippen LogP contribution is -2.45. The van der Waals surface area contributed by atoms with Crippen molar-refractivity contribution < 1.29 is 9.21 Å². The third kappa shape index (κ3) is 3.27. The predicted molar refractivity (Wildman–Crippen MR) is 115 cm³/mol. The highest BCUT2D eigenvalue weighted by Crippen LogP contribution is 2.27. The molecule has 0 radical (unpaired) electrons. The number of rotatable bonds is 4. The number of anilines is 1. The van der Waals surface area contributed by atoms with Gasteiger partial charge < -0.3 is 20.0 Å². The molecule has 0 saturated carbocycles. The van der Waals surface area contributed by atoms with Gasteiger partial charge in [0, 0.05) is 60.9 Å². The molecule has 2 aromatic heterocycles. The van der Waals surface area contributed by atoms with E-state index in [9.17, 15) is 10.1 Å². The Hall–Kier alpha value is -3.76. The van der Waals surface area contributed by atoms with Gasteiger partial charge >= 0.3 is 0 Å². The number of primary amides is 1. The number of H-pyrrole nitrogens is 1. The monoisotopic (exact) mass is 399 g/mol. The van der Waals surface area contributed by atoms with Crippen LogP contribution in [0.3, 0.4) is 0 Å². The summed E-state index contributed by atoms with van der Waals surface area (Å²) < 4.78 is 5.47. The summed E-state index contributed by atoms with van der Waals surface area (Å²) in [6.07, 6.45) is 2.04. The number of aromatic nitrogens is 1. The Morgan fingerprint density at radius 2 is 1.97 bits per heavy atom. The molecule has 0 spiro atoms. The number of aromatic amines is 1. The zero-order valence-corrected chi connectivity index (χ0v) is 16.4.